The van der Waals surface area contributed by atoms with Crippen molar-refractivity contribution in [2.75, 3.05) is 7.05 Å². The molecule has 0 aromatic heterocycles. The third kappa shape index (κ3) is 3.06. The van der Waals surface area contributed by atoms with Crippen LogP contribution in [0.3, 0.4) is 0 Å². The minimum atomic E-state index is -1.95. The van der Waals surface area contributed by atoms with Gasteiger partial charge in [0.1, 0.15) is 4.24 Å². The maximum absolute atomic E-state index is 10.0. The van der Waals surface area contributed by atoms with Gasteiger partial charge in [-0.1, -0.05) is 0 Å². The first-order chi connectivity index (χ1) is 3.68. The lowest BCUT2D eigenvalue weighted by atomic mass is 11.0. The Hall–Kier alpha value is -0.0000000000000000763. The van der Waals surface area contributed by atoms with Gasteiger partial charge in [0, 0.05) is 13.2 Å². The molecule has 0 fully saturated rings. The lowest BCUT2D eigenvalue weighted by Crippen LogP contribution is -1.96. The summed E-state index contributed by atoms with van der Waals surface area (Å²) in [5.74, 6) is 0. The number of hydrogen-bond donors (Lipinski definition) is 3. The number of thiol groups is 1. The largest absolute Gasteiger partial charge is 0.393 e. The fourth-order valence-corrected chi connectivity index (χ4v) is 0.522. The van der Waals surface area contributed by atoms with Crippen molar-refractivity contribution in [2.24, 2.45) is 0 Å². The normalized spacial score (nSPS) is 15.6. The van der Waals surface area contributed by atoms with Gasteiger partial charge in [-0.05, 0) is 0 Å². The van der Waals surface area contributed by atoms with Crippen LogP contribution in [-0.2, 0) is 11.1 Å². The van der Waals surface area contributed by atoms with Crippen LogP contribution in [0.2, 0.25) is 0 Å². The first kappa shape index (κ1) is 8.00. The highest BCUT2D eigenvalue weighted by Gasteiger charge is 1.93. The molecule has 0 radical (unpaired) electrons. The molecule has 0 heterocycles. The monoisotopic (exact) mass is 153 g/mol. The molecule has 1 unspecified atom stereocenters. The topological polar surface area (TPSA) is 49.3 Å². The Labute approximate surface area is 55.9 Å². The fraction of sp³-hybridized carbons (Fsp3) is 0.333. The smallest absolute Gasteiger partial charge is 0.194 e. The van der Waals surface area contributed by atoms with Crippen LogP contribution in [0.4, 0.5) is 0 Å². The van der Waals surface area contributed by atoms with Crippen molar-refractivity contribution >= 4 is 23.7 Å². The molecule has 0 aliphatic rings. The standard InChI is InChI=1S/C3H7NO2S2/c1-4-2-3(7)8(5)6/h2,4,7H,1H3,(H,5,6)/b3-2+. The number of rotatable bonds is 2. The molecule has 0 saturated carbocycles. The molecule has 1 atom stereocenters. The van der Waals surface area contributed by atoms with Crippen LogP contribution in [0.15, 0.2) is 10.4 Å². The highest BCUT2D eigenvalue weighted by Crippen LogP contribution is 2.00. The Bertz CT molecular complexity index is 122. The Morgan fingerprint density at radius 3 is 2.62 bits per heavy atom. The Morgan fingerprint density at radius 1 is 2.00 bits per heavy atom. The minimum absolute atomic E-state index is 0.118. The number of nitrogens with one attached hydrogen (secondary N) is 1. The molecule has 0 bridgehead atoms. The van der Waals surface area contributed by atoms with Crippen molar-refractivity contribution in [1.29, 1.82) is 0 Å². The summed E-state index contributed by atoms with van der Waals surface area (Å²) in [4.78, 5) is 0. The molecule has 0 rings (SSSR count). The van der Waals surface area contributed by atoms with Crippen LogP contribution in [0.1, 0.15) is 0 Å². The highest BCUT2D eigenvalue weighted by molar-refractivity contribution is 8.04. The summed E-state index contributed by atoms with van der Waals surface area (Å²) in [7, 11) is 1.63. The third-order valence-corrected chi connectivity index (χ3v) is 1.52. The van der Waals surface area contributed by atoms with Gasteiger partial charge in [0.25, 0.3) is 0 Å². The molecule has 0 spiro atoms. The minimum Gasteiger partial charge on any atom is -0.393 e. The highest BCUT2D eigenvalue weighted by atomic mass is 32.2. The predicted octanol–water partition coefficient (Wildman–Crippen LogP) is 0.156. The second kappa shape index (κ2) is 3.94. The van der Waals surface area contributed by atoms with Crippen molar-refractivity contribution in [2.45, 2.75) is 0 Å². The van der Waals surface area contributed by atoms with Gasteiger partial charge in [0.05, 0.1) is 0 Å². The molecule has 5 heteroatoms. The van der Waals surface area contributed by atoms with Crippen LogP contribution < -0.4 is 5.32 Å². The Kier molecular flexibility index (Phi) is 3.94. The first-order valence-corrected chi connectivity index (χ1v) is 3.41. The predicted molar refractivity (Wildman–Crippen MR) is 36.9 cm³/mol. The van der Waals surface area contributed by atoms with Crippen LogP contribution in [-0.4, -0.2) is 15.8 Å². The molecule has 8 heavy (non-hydrogen) atoms. The Balaban J connectivity index is 3.80. The van der Waals surface area contributed by atoms with Gasteiger partial charge in [0.15, 0.2) is 11.1 Å². The van der Waals surface area contributed by atoms with E-state index in [1.807, 2.05) is 0 Å². The summed E-state index contributed by atoms with van der Waals surface area (Å²) < 4.78 is 18.4. The van der Waals surface area contributed by atoms with Crippen molar-refractivity contribution in [3.63, 3.8) is 0 Å². The van der Waals surface area contributed by atoms with E-state index in [1.54, 1.807) is 7.05 Å². The molecular formula is C3H7NO2S2. The van der Waals surface area contributed by atoms with Crippen molar-refractivity contribution in [3.05, 3.63) is 10.4 Å². The van der Waals surface area contributed by atoms with E-state index >= 15 is 0 Å². The maximum Gasteiger partial charge on any atom is 0.194 e. The quantitative estimate of drug-likeness (QED) is 0.391. The van der Waals surface area contributed by atoms with Gasteiger partial charge in [0.2, 0.25) is 0 Å². The zero-order valence-corrected chi connectivity index (χ0v) is 6.00. The molecule has 0 aromatic carbocycles. The van der Waals surface area contributed by atoms with Gasteiger partial charge < -0.3 is 9.87 Å². The Morgan fingerprint density at radius 2 is 2.50 bits per heavy atom. The van der Waals surface area contributed by atoms with Crippen molar-refractivity contribution in [3.8, 4) is 0 Å². The fourth-order valence-electron chi connectivity index (χ4n) is 0.174. The summed E-state index contributed by atoms with van der Waals surface area (Å²) in [5.41, 5.74) is 0. The van der Waals surface area contributed by atoms with E-state index in [0.29, 0.717) is 0 Å². The van der Waals surface area contributed by atoms with Crippen LogP contribution in [0.5, 0.6) is 0 Å². The summed E-state index contributed by atoms with van der Waals surface area (Å²) in [6.07, 6.45) is 1.35. The van der Waals surface area contributed by atoms with Gasteiger partial charge in [-0.2, -0.15) is 0 Å². The molecule has 0 amide bonds. The van der Waals surface area contributed by atoms with Crippen LogP contribution in [0.25, 0.3) is 0 Å². The lowest BCUT2D eigenvalue weighted by molar-refractivity contribution is 0.573. The van der Waals surface area contributed by atoms with Crippen molar-refractivity contribution in [1.82, 2.24) is 5.32 Å². The van der Waals surface area contributed by atoms with E-state index in [9.17, 15) is 4.21 Å². The van der Waals surface area contributed by atoms with E-state index < -0.39 is 11.1 Å². The molecule has 48 valence electrons. The molecule has 3 nitrogen and oxygen atoms in total. The zero-order chi connectivity index (χ0) is 6.57. The summed E-state index contributed by atoms with van der Waals surface area (Å²) in [6.45, 7) is 0. The molecule has 2 N–H and O–H groups in total. The lowest BCUT2D eigenvalue weighted by Gasteiger charge is -1.89. The van der Waals surface area contributed by atoms with Crippen LogP contribution in [0, 0.1) is 0 Å². The molecule has 0 aromatic rings. The molecule has 0 saturated heterocycles. The van der Waals surface area contributed by atoms with E-state index in [4.69, 9.17) is 4.55 Å². The first-order valence-electron chi connectivity index (χ1n) is 1.85. The maximum atomic E-state index is 10.0. The second-order valence-corrected chi connectivity index (χ2v) is 2.74. The number of hydrogen-bond acceptors (Lipinski definition) is 3. The average Bonchev–Trinajstić information content (AvgIpc) is 1.67. The molecule has 0 aliphatic heterocycles. The summed E-state index contributed by atoms with van der Waals surface area (Å²) in [5, 5.41) is 2.56. The average molecular weight is 153 g/mol. The van der Waals surface area contributed by atoms with Crippen LogP contribution >= 0.6 is 12.6 Å². The molecular weight excluding hydrogens is 146 g/mol. The summed E-state index contributed by atoms with van der Waals surface area (Å²) >= 11 is 1.71. The SMILES string of the molecule is CN/C=C(\S)S(=O)O. The van der Waals surface area contributed by atoms with Crippen molar-refractivity contribution < 1.29 is 8.76 Å². The molecule has 0 aliphatic carbocycles. The third-order valence-electron chi connectivity index (χ3n) is 0.447. The van der Waals surface area contributed by atoms with E-state index in [2.05, 4.69) is 17.9 Å². The second-order valence-electron chi connectivity index (χ2n) is 1.02. The van der Waals surface area contributed by atoms with E-state index in [0.717, 1.165) is 0 Å². The van der Waals surface area contributed by atoms with Gasteiger partial charge >= 0.3 is 0 Å². The zero-order valence-electron chi connectivity index (χ0n) is 4.29. The van der Waals surface area contributed by atoms with E-state index in [-0.39, 0.29) is 4.24 Å². The summed E-state index contributed by atoms with van der Waals surface area (Å²) in [6, 6.07) is 0. The van der Waals surface area contributed by atoms with E-state index in [1.165, 1.54) is 6.20 Å². The van der Waals surface area contributed by atoms with Gasteiger partial charge in [-0.15, -0.1) is 12.6 Å². The van der Waals surface area contributed by atoms with Gasteiger partial charge in [-0.25, -0.2) is 4.21 Å². The van der Waals surface area contributed by atoms with Gasteiger partial charge in [-0.3, -0.25) is 0 Å².